The Kier molecular flexibility index (Phi) is 7.04. The molecule has 31 heavy (non-hydrogen) atoms. The quantitative estimate of drug-likeness (QED) is 0.506. The maximum Gasteiger partial charge on any atom is 0.249 e. The fourth-order valence-electron chi connectivity index (χ4n) is 3.84. The van der Waals surface area contributed by atoms with Crippen molar-refractivity contribution in [3.05, 3.63) is 83.3 Å². The molecule has 162 valence electrons. The van der Waals surface area contributed by atoms with Crippen molar-refractivity contribution in [1.29, 1.82) is 0 Å². The second-order valence-corrected chi connectivity index (χ2v) is 7.74. The van der Waals surface area contributed by atoms with Crippen molar-refractivity contribution in [2.75, 3.05) is 13.2 Å². The SMILES string of the molecule is O=C(Cc1cccc(F)c1)N1CCCCC1c1nc(CCOCc2ccccc2)no1. The van der Waals surface area contributed by atoms with Crippen LogP contribution in [0.4, 0.5) is 4.39 Å². The topological polar surface area (TPSA) is 68.5 Å². The molecule has 1 aliphatic rings. The second-order valence-electron chi connectivity index (χ2n) is 7.74. The first-order valence-electron chi connectivity index (χ1n) is 10.7. The fraction of sp³-hybridized carbons (Fsp3) is 0.375. The molecule has 0 spiro atoms. The summed E-state index contributed by atoms with van der Waals surface area (Å²) in [5, 5.41) is 4.07. The van der Waals surface area contributed by atoms with E-state index in [0.717, 1.165) is 24.8 Å². The molecule has 4 rings (SSSR count). The first kappa shape index (κ1) is 21.2. The van der Waals surface area contributed by atoms with E-state index in [1.54, 1.807) is 17.0 Å². The summed E-state index contributed by atoms with van der Waals surface area (Å²) in [6.45, 7) is 1.66. The Hall–Kier alpha value is -3.06. The van der Waals surface area contributed by atoms with Gasteiger partial charge in [0.25, 0.3) is 0 Å². The largest absolute Gasteiger partial charge is 0.376 e. The third-order valence-corrected chi connectivity index (χ3v) is 5.42. The van der Waals surface area contributed by atoms with Crippen molar-refractivity contribution in [1.82, 2.24) is 15.0 Å². The number of piperidine rings is 1. The van der Waals surface area contributed by atoms with E-state index >= 15 is 0 Å². The van der Waals surface area contributed by atoms with Gasteiger partial charge < -0.3 is 14.2 Å². The first-order chi connectivity index (χ1) is 15.2. The van der Waals surface area contributed by atoms with E-state index in [0.29, 0.717) is 43.5 Å². The molecule has 0 radical (unpaired) electrons. The zero-order valence-corrected chi connectivity index (χ0v) is 17.4. The minimum Gasteiger partial charge on any atom is -0.376 e. The number of rotatable bonds is 8. The van der Waals surface area contributed by atoms with E-state index in [-0.39, 0.29) is 24.2 Å². The van der Waals surface area contributed by atoms with E-state index in [1.807, 2.05) is 30.3 Å². The molecular weight excluding hydrogens is 397 g/mol. The summed E-state index contributed by atoms with van der Waals surface area (Å²) in [6.07, 6.45) is 3.40. The Balaban J connectivity index is 1.33. The number of aromatic nitrogens is 2. The average molecular weight is 423 g/mol. The van der Waals surface area contributed by atoms with Gasteiger partial charge in [-0.3, -0.25) is 4.79 Å². The molecule has 0 aliphatic carbocycles. The van der Waals surface area contributed by atoms with Gasteiger partial charge in [-0.05, 0) is 42.5 Å². The van der Waals surface area contributed by atoms with Gasteiger partial charge in [-0.25, -0.2) is 4.39 Å². The van der Waals surface area contributed by atoms with Gasteiger partial charge in [0.15, 0.2) is 5.82 Å². The Morgan fingerprint density at radius 3 is 2.81 bits per heavy atom. The number of nitrogens with zero attached hydrogens (tertiary/aromatic N) is 3. The molecule has 3 aromatic rings. The number of ether oxygens (including phenoxy) is 1. The van der Waals surface area contributed by atoms with Gasteiger partial charge >= 0.3 is 0 Å². The van der Waals surface area contributed by atoms with Crippen LogP contribution in [0, 0.1) is 5.82 Å². The summed E-state index contributed by atoms with van der Waals surface area (Å²) in [7, 11) is 0. The zero-order chi connectivity index (χ0) is 21.5. The monoisotopic (exact) mass is 423 g/mol. The van der Waals surface area contributed by atoms with Gasteiger partial charge in [-0.1, -0.05) is 47.6 Å². The Morgan fingerprint density at radius 2 is 1.97 bits per heavy atom. The molecule has 1 aliphatic heterocycles. The number of amides is 1. The molecule has 2 heterocycles. The third kappa shape index (κ3) is 5.76. The van der Waals surface area contributed by atoms with Crippen LogP contribution in [0.2, 0.25) is 0 Å². The van der Waals surface area contributed by atoms with Crippen molar-refractivity contribution in [3.63, 3.8) is 0 Å². The highest BCUT2D eigenvalue weighted by Gasteiger charge is 2.32. The fourth-order valence-corrected chi connectivity index (χ4v) is 3.84. The molecule has 7 heteroatoms. The van der Waals surface area contributed by atoms with Crippen LogP contribution < -0.4 is 0 Å². The van der Waals surface area contributed by atoms with Crippen LogP contribution in [-0.2, 0) is 29.0 Å². The minimum atomic E-state index is -0.337. The second kappa shape index (κ2) is 10.3. The first-order valence-corrected chi connectivity index (χ1v) is 10.7. The van der Waals surface area contributed by atoms with Crippen LogP contribution in [0.15, 0.2) is 59.1 Å². The molecule has 1 amide bonds. The lowest BCUT2D eigenvalue weighted by Crippen LogP contribution is -2.39. The van der Waals surface area contributed by atoms with Gasteiger partial charge in [0.2, 0.25) is 11.8 Å². The number of hydrogen-bond acceptors (Lipinski definition) is 5. The molecule has 6 nitrogen and oxygen atoms in total. The molecule has 1 unspecified atom stereocenters. The molecule has 0 N–H and O–H groups in total. The zero-order valence-electron chi connectivity index (χ0n) is 17.4. The van der Waals surface area contributed by atoms with Crippen molar-refractivity contribution >= 4 is 5.91 Å². The van der Waals surface area contributed by atoms with Gasteiger partial charge in [-0.15, -0.1) is 0 Å². The highest BCUT2D eigenvalue weighted by atomic mass is 19.1. The van der Waals surface area contributed by atoms with Crippen LogP contribution in [0.3, 0.4) is 0 Å². The average Bonchev–Trinajstić information content (AvgIpc) is 3.26. The summed E-state index contributed by atoms with van der Waals surface area (Å²) in [5.41, 5.74) is 1.78. The van der Waals surface area contributed by atoms with Gasteiger partial charge in [0, 0.05) is 13.0 Å². The lowest BCUT2D eigenvalue weighted by molar-refractivity contribution is -0.135. The summed E-state index contributed by atoms with van der Waals surface area (Å²) in [4.78, 5) is 19.2. The normalized spacial score (nSPS) is 16.4. The predicted molar refractivity (Wildman–Crippen MR) is 113 cm³/mol. The Bertz CT molecular complexity index is 992. The van der Waals surface area contributed by atoms with Crippen molar-refractivity contribution in [3.8, 4) is 0 Å². The summed E-state index contributed by atoms with van der Waals surface area (Å²) in [5.74, 6) is 0.647. The van der Waals surface area contributed by atoms with Crippen LogP contribution in [0.25, 0.3) is 0 Å². The summed E-state index contributed by atoms with van der Waals surface area (Å²) >= 11 is 0. The van der Waals surface area contributed by atoms with E-state index in [9.17, 15) is 9.18 Å². The maximum atomic E-state index is 13.5. The Morgan fingerprint density at radius 1 is 1.13 bits per heavy atom. The lowest BCUT2D eigenvalue weighted by Gasteiger charge is -2.33. The van der Waals surface area contributed by atoms with E-state index in [1.165, 1.54) is 12.1 Å². The smallest absolute Gasteiger partial charge is 0.249 e. The molecule has 1 saturated heterocycles. The van der Waals surface area contributed by atoms with Crippen LogP contribution in [0.1, 0.15) is 48.1 Å². The minimum absolute atomic E-state index is 0.0544. The van der Waals surface area contributed by atoms with E-state index < -0.39 is 0 Å². The molecule has 1 atom stereocenters. The predicted octanol–water partition coefficient (Wildman–Crippen LogP) is 4.26. The van der Waals surface area contributed by atoms with Crippen molar-refractivity contribution in [2.24, 2.45) is 0 Å². The van der Waals surface area contributed by atoms with Crippen LogP contribution >= 0.6 is 0 Å². The summed E-state index contributed by atoms with van der Waals surface area (Å²) in [6, 6.07) is 15.9. The Labute approximate surface area is 181 Å². The molecule has 0 bridgehead atoms. The van der Waals surface area contributed by atoms with Gasteiger partial charge in [0.1, 0.15) is 11.9 Å². The molecule has 2 aromatic carbocycles. The number of hydrogen-bond donors (Lipinski definition) is 0. The van der Waals surface area contributed by atoms with E-state index in [2.05, 4.69) is 10.1 Å². The molecule has 1 aromatic heterocycles. The van der Waals surface area contributed by atoms with Gasteiger partial charge in [-0.2, -0.15) is 4.98 Å². The summed E-state index contributed by atoms with van der Waals surface area (Å²) < 4.78 is 24.7. The number of carbonyl (C=O) groups excluding carboxylic acids is 1. The van der Waals surface area contributed by atoms with Crippen LogP contribution in [-0.4, -0.2) is 34.1 Å². The highest BCUT2D eigenvalue weighted by molar-refractivity contribution is 5.79. The number of likely N-dealkylation sites (tertiary alicyclic amines) is 1. The molecule has 1 fully saturated rings. The lowest BCUT2D eigenvalue weighted by atomic mass is 10.0. The number of carbonyl (C=O) groups is 1. The third-order valence-electron chi connectivity index (χ3n) is 5.42. The van der Waals surface area contributed by atoms with Crippen LogP contribution in [0.5, 0.6) is 0 Å². The van der Waals surface area contributed by atoms with Gasteiger partial charge in [0.05, 0.1) is 19.6 Å². The van der Waals surface area contributed by atoms with E-state index in [4.69, 9.17) is 9.26 Å². The van der Waals surface area contributed by atoms with Crippen molar-refractivity contribution < 1.29 is 18.4 Å². The number of halogens is 1. The highest BCUT2D eigenvalue weighted by Crippen LogP contribution is 2.30. The molecular formula is C24H26FN3O3. The molecule has 0 saturated carbocycles. The maximum absolute atomic E-state index is 13.5. The standard InChI is InChI=1S/C24H26FN3O3/c25-20-10-6-9-19(15-20)16-23(29)28-13-5-4-11-21(28)24-26-22(27-31-24)12-14-30-17-18-7-2-1-3-8-18/h1-3,6-10,15,21H,4-5,11-14,16-17H2. The number of benzene rings is 2. The van der Waals surface area contributed by atoms with Crippen molar-refractivity contribution in [2.45, 2.75) is 44.8 Å².